The number of benzene rings is 3. The smallest absolute Gasteiger partial charge is 0.256 e. The monoisotopic (exact) mass is 516 g/mol. The Labute approximate surface area is 220 Å². The molecule has 0 radical (unpaired) electrons. The molecule has 196 valence electrons. The maximum Gasteiger partial charge on any atom is 0.256 e. The topological polar surface area (TPSA) is 82.2 Å². The second-order valence-electron chi connectivity index (χ2n) is 9.49. The van der Waals surface area contributed by atoms with Crippen LogP contribution in [0, 0.1) is 5.82 Å². The van der Waals surface area contributed by atoms with Gasteiger partial charge in [-0.1, -0.05) is 36.4 Å². The molecule has 0 aromatic heterocycles. The lowest BCUT2D eigenvalue weighted by Gasteiger charge is -2.43. The molecular formula is C29H29FN4O4. The van der Waals surface area contributed by atoms with Crippen LogP contribution in [0.3, 0.4) is 0 Å². The highest BCUT2D eigenvalue weighted by atomic mass is 19.1. The van der Waals surface area contributed by atoms with Crippen LogP contribution in [0.2, 0.25) is 0 Å². The highest BCUT2D eigenvalue weighted by molar-refractivity contribution is 6.00. The molecule has 3 aromatic rings. The second-order valence-corrected chi connectivity index (χ2v) is 9.49. The summed E-state index contributed by atoms with van der Waals surface area (Å²) >= 11 is 0. The van der Waals surface area contributed by atoms with Gasteiger partial charge in [-0.3, -0.25) is 14.4 Å². The van der Waals surface area contributed by atoms with E-state index in [0.717, 1.165) is 5.69 Å². The molecule has 5 rings (SSSR count). The highest BCUT2D eigenvalue weighted by Crippen LogP contribution is 2.39. The number of halogens is 1. The van der Waals surface area contributed by atoms with Crippen LogP contribution >= 0.6 is 0 Å². The molecule has 0 aliphatic carbocycles. The van der Waals surface area contributed by atoms with E-state index in [2.05, 4.69) is 5.32 Å². The summed E-state index contributed by atoms with van der Waals surface area (Å²) in [5.74, 6) is -0.798. The molecule has 0 bridgehead atoms. The van der Waals surface area contributed by atoms with E-state index in [0.29, 0.717) is 37.4 Å². The van der Waals surface area contributed by atoms with E-state index in [9.17, 15) is 18.8 Å². The second kappa shape index (κ2) is 10.5. The van der Waals surface area contributed by atoms with Gasteiger partial charge in [0.15, 0.2) is 0 Å². The zero-order chi connectivity index (χ0) is 26.7. The zero-order valence-corrected chi connectivity index (χ0v) is 21.1. The Morgan fingerprint density at radius 1 is 0.974 bits per heavy atom. The Hall–Kier alpha value is -4.40. The number of hydrogen-bond acceptors (Lipinski definition) is 5. The third kappa shape index (κ3) is 4.79. The summed E-state index contributed by atoms with van der Waals surface area (Å²) in [7, 11) is 1.55. The van der Waals surface area contributed by atoms with E-state index in [-0.39, 0.29) is 36.5 Å². The first-order valence-electron chi connectivity index (χ1n) is 12.5. The molecular weight excluding hydrogens is 487 g/mol. The molecule has 0 atom stereocenters. The van der Waals surface area contributed by atoms with Gasteiger partial charge >= 0.3 is 0 Å². The van der Waals surface area contributed by atoms with Crippen LogP contribution in [0.15, 0.2) is 78.9 Å². The van der Waals surface area contributed by atoms with Crippen LogP contribution < -0.4 is 15.0 Å². The van der Waals surface area contributed by atoms with Crippen molar-refractivity contribution in [2.24, 2.45) is 0 Å². The summed E-state index contributed by atoms with van der Waals surface area (Å²) in [4.78, 5) is 45.0. The summed E-state index contributed by atoms with van der Waals surface area (Å²) in [5.41, 5.74) is 0.571. The van der Waals surface area contributed by atoms with Crippen molar-refractivity contribution in [3.63, 3.8) is 0 Å². The lowest BCUT2D eigenvalue weighted by atomic mass is 9.85. The molecule has 0 saturated carbocycles. The maximum atomic E-state index is 14.2. The number of hydrogen-bond donors (Lipinski definition) is 1. The van der Waals surface area contributed by atoms with Crippen LogP contribution in [-0.4, -0.2) is 66.5 Å². The van der Waals surface area contributed by atoms with Crippen molar-refractivity contribution in [3.8, 4) is 5.75 Å². The Kier molecular flexibility index (Phi) is 7.00. The number of carbonyl (C=O) groups excluding carboxylic acids is 3. The van der Waals surface area contributed by atoms with Crippen LogP contribution in [0.25, 0.3) is 0 Å². The summed E-state index contributed by atoms with van der Waals surface area (Å²) in [6.45, 7) is 0.729. The van der Waals surface area contributed by atoms with Gasteiger partial charge in [-0.15, -0.1) is 0 Å². The van der Waals surface area contributed by atoms with E-state index >= 15 is 0 Å². The Balaban J connectivity index is 1.34. The average molecular weight is 517 g/mol. The Morgan fingerprint density at radius 3 is 2.39 bits per heavy atom. The maximum absolute atomic E-state index is 14.2. The number of likely N-dealkylation sites (tertiary alicyclic amines) is 1. The standard InChI is InChI=1S/C29H29FN4O4/c1-38-23-11-7-8-21(18-23)31-26(35)19-33-20-34(22-9-3-2-4-10-22)29(28(33)37)14-16-32(17-15-29)27(36)24-12-5-6-13-25(24)30/h2-13,18H,14-17,19-20H2,1H3,(H,31,35). The predicted octanol–water partition coefficient (Wildman–Crippen LogP) is 3.75. The largest absolute Gasteiger partial charge is 0.497 e. The van der Waals surface area contributed by atoms with Gasteiger partial charge in [0.05, 0.1) is 19.3 Å². The van der Waals surface area contributed by atoms with Crippen LogP contribution in [0.4, 0.5) is 15.8 Å². The number of rotatable bonds is 6. The van der Waals surface area contributed by atoms with E-state index in [4.69, 9.17) is 4.74 Å². The molecule has 2 aliphatic heterocycles. The van der Waals surface area contributed by atoms with Crippen LogP contribution in [0.5, 0.6) is 5.75 Å². The number of nitrogens with one attached hydrogen (secondary N) is 1. The van der Waals surface area contributed by atoms with E-state index in [1.54, 1.807) is 53.3 Å². The van der Waals surface area contributed by atoms with E-state index in [1.165, 1.54) is 12.1 Å². The fourth-order valence-corrected chi connectivity index (χ4v) is 5.28. The van der Waals surface area contributed by atoms with Crippen molar-refractivity contribution in [1.82, 2.24) is 9.80 Å². The molecule has 3 aromatic carbocycles. The van der Waals surface area contributed by atoms with Crippen LogP contribution in [-0.2, 0) is 9.59 Å². The molecule has 1 spiro atoms. The highest BCUT2D eigenvalue weighted by Gasteiger charge is 2.54. The third-order valence-corrected chi connectivity index (χ3v) is 7.25. The van der Waals surface area contributed by atoms with Crippen molar-refractivity contribution >= 4 is 29.1 Å². The number of nitrogens with zero attached hydrogens (tertiary/aromatic N) is 3. The first-order chi connectivity index (χ1) is 18.4. The Bertz CT molecular complexity index is 1340. The van der Waals surface area contributed by atoms with Gasteiger partial charge in [0.2, 0.25) is 5.91 Å². The SMILES string of the molecule is COc1cccc(NC(=O)CN2CN(c3ccccc3)C3(CCN(C(=O)c4ccccc4F)CC3)C2=O)c1. The average Bonchev–Trinajstić information content (AvgIpc) is 3.20. The molecule has 2 aliphatic rings. The number of para-hydroxylation sites is 1. The summed E-state index contributed by atoms with van der Waals surface area (Å²) in [5, 5.41) is 2.84. The van der Waals surface area contributed by atoms with E-state index in [1.807, 2.05) is 35.2 Å². The van der Waals surface area contributed by atoms with Gasteiger partial charge in [0, 0.05) is 30.5 Å². The van der Waals surface area contributed by atoms with Crippen LogP contribution in [0.1, 0.15) is 23.2 Å². The van der Waals surface area contributed by atoms with Gasteiger partial charge in [0.25, 0.3) is 11.8 Å². The number of carbonyl (C=O) groups is 3. The lowest BCUT2D eigenvalue weighted by molar-refractivity contribution is -0.136. The molecule has 0 unspecified atom stereocenters. The van der Waals surface area contributed by atoms with Gasteiger partial charge in [0.1, 0.15) is 23.7 Å². The minimum atomic E-state index is -0.899. The molecule has 8 nitrogen and oxygen atoms in total. The van der Waals surface area contributed by atoms with E-state index < -0.39 is 11.4 Å². The molecule has 2 saturated heterocycles. The fraction of sp³-hybridized carbons (Fsp3) is 0.276. The van der Waals surface area contributed by atoms with Gasteiger partial charge < -0.3 is 24.8 Å². The Morgan fingerprint density at radius 2 is 1.68 bits per heavy atom. The number of methoxy groups -OCH3 is 1. The molecule has 9 heteroatoms. The van der Waals surface area contributed by atoms with Crippen molar-refractivity contribution in [1.29, 1.82) is 0 Å². The van der Waals surface area contributed by atoms with Gasteiger partial charge in [-0.2, -0.15) is 0 Å². The van der Waals surface area contributed by atoms with Gasteiger partial charge in [-0.25, -0.2) is 4.39 Å². The van der Waals surface area contributed by atoms with Gasteiger partial charge in [-0.05, 0) is 49.2 Å². The number of anilines is 2. The predicted molar refractivity (Wildman–Crippen MR) is 141 cm³/mol. The summed E-state index contributed by atoms with van der Waals surface area (Å²) in [6.07, 6.45) is 0.740. The summed E-state index contributed by atoms with van der Waals surface area (Å²) < 4.78 is 19.5. The van der Waals surface area contributed by atoms with Crippen molar-refractivity contribution in [2.45, 2.75) is 18.4 Å². The molecule has 2 heterocycles. The summed E-state index contributed by atoms with van der Waals surface area (Å²) in [6, 6.07) is 22.5. The quantitative estimate of drug-likeness (QED) is 0.540. The zero-order valence-electron chi connectivity index (χ0n) is 21.1. The van der Waals surface area contributed by atoms with Crippen molar-refractivity contribution in [3.05, 3.63) is 90.2 Å². The first kappa shape index (κ1) is 25.3. The minimum Gasteiger partial charge on any atom is -0.497 e. The molecule has 2 fully saturated rings. The lowest BCUT2D eigenvalue weighted by Crippen LogP contribution is -2.57. The third-order valence-electron chi connectivity index (χ3n) is 7.25. The molecule has 3 amide bonds. The fourth-order valence-electron chi connectivity index (χ4n) is 5.28. The van der Waals surface area contributed by atoms with Crippen molar-refractivity contribution < 1.29 is 23.5 Å². The number of piperidine rings is 1. The molecule has 1 N–H and O–H groups in total. The normalized spacial score (nSPS) is 16.6. The number of amides is 3. The first-order valence-corrected chi connectivity index (χ1v) is 12.5. The molecule has 38 heavy (non-hydrogen) atoms. The van der Waals surface area contributed by atoms with Crippen molar-refractivity contribution in [2.75, 3.05) is 43.6 Å². The number of ether oxygens (including phenoxy) is 1. The minimum absolute atomic E-state index is 0.0250.